The molecular formula is C16H25N3O4. The third-order valence-electron chi connectivity index (χ3n) is 3.96. The Balaban J connectivity index is 2.04. The van der Waals surface area contributed by atoms with Crippen molar-refractivity contribution in [3.8, 4) is 0 Å². The van der Waals surface area contributed by atoms with Crippen LogP contribution >= 0.6 is 0 Å². The van der Waals surface area contributed by atoms with E-state index in [1.165, 1.54) is 7.11 Å². The maximum absolute atomic E-state index is 12.1. The minimum Gasteiger partial charge on any atom is -0.469 e. The second-order valence-electron chi connectivity index (χ2n) is 6.94. The first kappa shape index (κ1) is 17.3. The van der Waals surface area contributed by atoms with E-state index in [4.69, 9.17) is 15.2 Å². The number of carbonyl (C=O) groups is 2. The van der Waals surface area contributed by atoms with Crippen molar-refractivity contribution in [3.63, 3.8) is 0 Å². The van der Waals surface area contributed by atoms with Crippen molar-refractivity contribution in [1.29, 1.82) is 0 Å². The monoisotopic (exact) mass is 323 g/mol. The Hall–Kier alpha value is -2.05. The van der Waals surface area contributed by atoms with E-state index < -0.39 is 11.6 Å². The molecule has 128 valence electrons. The van der Waals surface area contributed by atoms with Crippen molar-refractivity contribution in [1.82, 2.24) is 9.78 Å². The Morgan fingerprint density at radius 1 is 1.26 bits per heavy atom. The zero-order valence-electron chi connectivity index (χ0n) is 14.2. The summed E-state index contributed by atoms with van der Waals surface area (Å²) in [6.45, 7) is 5.39. The highest BCUT2D eigenvalue weighted by Gasteiger charge is 2.30. The number of nitrogens with two attached hydrogens (primary N) is 1. The molecule has 1 saturated carbocycles. The highest BCUT2D eigenvalue weighted by atomic mass is 16.6. The highest BCUT2D eigenvalue weighted by molar-refractivity contribution is 5.92. The van der Waals surface area contributed by atoms with Gasteiger partial charge >= 0.3 is 11.9 Å². The molecule has 0 unspecified atom stereocenters. The van der Waals surface area contributed by atoms with E-state index in [1.807, 2.05) is 0 Å². The van der Waals surface area contributed by atoms with Crippen LogP contribution in [-0.4, -0.2) is 34.4 Å². The number of methoxy groups -OCH3 is 1. The van der Waals surface area contributed by atoms with Crippen molar-refractivity contribution in [3.05, 3.63) is 11.9 Å². The van der Waals surface area contributed by atoms with Crippen LogP contribution in [0.3, 0.4) is 0 Å². The summed E-state index contributed by atoms with van der Waals surface area (Å²) in [5.41, 5.74) is 5.78. The lowest BCUT2D eigenvalue weighted by Gasteiger charge is -2.27. The van der Waals surface area contributed by atoms with Crippen LogP contribution in [0.25, 0.3) is 0 Å². The van der Waals surface area contributed by atoms with Crippen LogP contribution in [0.1, 0.15) is 63.0 Å². The molecule has 0 aliphatic heterocycles. The summed E-state index contributed by atoms with van der Waals surface area (Å²) < 4.78 is 11.8. The van der Waals surface area contributed by atoms with Gasteiger partial charge in [0.1, 0.15) is 5.60 Å². The Labute approximate surface area is 136 Å². The standard InChI is InChI=1S/C16H25N3O4/c1-16(2,3)23-15(21)13-12(17)9-19(18-13)11-7-5-10(6-8-11)14(20)22-4/h9-11H,5-8,17H2,1-4H3. The van der Waals surface area contributed by atoms with Crippen LogP contribution in [0, 0.1) is 5.92 Å². The number of rotatable bonds is 3. The zero-order chi connectivity index (χ0) is 17.2. The number of aromatic nitrogens is 2. The van der Waals surface area contributed by atoms with Crippen LogP contribution in [0.15, 0.2) is 6.20 Å². The van der Waals surface area contributed by atoms with Gasteiger partial charge in [0.05, 0.1) is 24.8 Å². The number of anilines is 1. The molecule has 1 aromatic rings. The number of esters is 2. The summed E-state index contributed by atoms with van der Waals surface area (Å²) in [5.74, 6) is -0.718. The Bertz CT molecular complexity index is 581. The van der Waals surface area contributed by atoms with E-state index in [9.17, 15) is 9.59 Å². The second kappa shape index (κ2) is 6.60. The summed E-state index contributed by atoms with van der Waals surface area (Å²) in [4.78, 5) is 23.7. The largest absolute Gasteiger partial charge is 0.469 e. The van der Waals surface area contributed by atoms with Crippen LogP contribution in [-0.2, 0) is 14.3 Å². The van der Waals surface area contributed by atoms with Crippen molar-refractivity contribution in [2.24, 2.45) is 5.92 Å². The number of hydrogen-bond donors (Lipinski definition) is 1. The number of nitrogens with zero attached hydrogens (tertiary/aromatic N) is 2. The molecular weight excluding hydrogens is 298 g/mol. The molecule has 1 fully saturated rings. The molecule has 23 heavy (non-hydrogen) atoms. The topological polar surface area (TPSA) is 96.4 Å². The van der Waals surface area contributed by atoms with Gasteiger partial charge in [-0.25, -0.2) is 4.79 Å². The fourth-order valence-electron chi connectivity index (χ4n) is 2.82. The summed E-state index contributed by atoms with van der Waals surface area (Å²) in [6, 6.07) is 0.134. The molecule has 2 rings (SSSR count). The summed E-state index contributed by atoms with van der Waals surface area (Å²) in [6.07, 6.45) is 4.77. The minimum absolute atomic E-state index is 0.0468. The second-order valence-corrected chi connectivity index (χ2v) is 6.94. The lowest BCUT2D eigenvalue weighted by Crippen LogP contribution is -2.26. The summed E-state index contributed by atoms with van der Waals surface area (Å²) in [7, 11) is 1.41. The molecule has 0 amide bonds. The first-order valence-electron chi connectivity index (χ1n) is 7.87. The first-order chi connectivity index (χ1) is 10.7. The van der Waals surface area contributed by atoms with Gasteiger partial charge in [0.25, 0.3) is 0 Å². The fraction of sp³-hybridized carbons (Fsp3) is 0.688. The molecule has 0 bridgehead atoms. The van der Waals surface area contributed by atoms with Gasteiger partial charge in [0.15, 0.2) is 5.69 Å². The van der Waals surface area contributed by atoms with Crippen molar-refractivity contribution >= 4 is 17.6 Å². The molecule has 0 saturated heterocycles. The molecule has 7 heteroatoms. The van der Waals surface area contributed by atoms with E-state index in [-0.39, 0.29) is 23.6 Å². The molecule has 2 N–H and O–H groups in total. The number of carbonyl (C=O) groups excluding carboxylic acids is 2. The van der Waals surface area contributed by atoms with Gasteiger partial charge in [-0.2, -0.15) is 5.10 Å². The third kappa shape index (κ3) is 4.24. The fourth-order valence-corrected chi connectivity index (χ4v) is 2.82. The van der Waals surface area contributed by atoms with Gasteiger partial charge in [-0.3, -0.25) is 9.48 Å². The Kier molecular flexibility index (Phi) is 4.97. The van der Waals surface area contributed by atoms with Crippen molar-refractivity contribution < 1.29 is 19.1 Å². The molecule has 1 aliphatic carbocycles. The van der Waals surface area contributed by atoms with E-state index in [1.54, 1.807) is 31.6 Å². The van der Waals surface area contributed by atoms with Gasteiger partial charge in [0, 0.05) is 6.20 Å². The predicted molar refractivity (Wildman–Crippen MR) is 84.8 cm³/mol. The smallest absolute Gasteiger partial charge is 0.361 e. The average molecular weight is 323 g/mol. The molecule has 7 nitrogen and oxygen atoms in total. The van der Waals surface area contributed by atoms with E-state index in [2.05, 4.69) is 5.10 Å². The summed E-state index contributed by atoms with van der Waals surface area (Å²) in [5, 5.41) is 4.31. The van der Waals surface area contributed by atoms with Crippen molar-refractivity contribution in [2.45, 2.75) is 58.1 Å². The van der Waals surface area contributed by atoms with Gasteiger partial charge < -0.3 is 15.2 Å². The molecule has 1 aromatic heterocycles. The third-order valence-corrected chi connectivity index (χ3v) is 3.96. The molecule has 1 aliphatic rings. The molecule has 0 atom stereocenters. The van der Waals surface area contributed by atoms with Crippen LogP contribution in [0.2, 0.25) is 0 Å². The van der Waals surface area contributed by atoms with Gasteiger partial charge in [-0.1, -0.05) is 0 Å². The molecule has 0 radical (unpaired) electrons. The number of hydrogen-bond acceptors (Lipinski definition) is 6. The minimum atomic E-state index is -0.591. The molecule has 0 aromatic carbocycles. The molecule has 0 spiro atoms. The SMILES string of the molecule is COC(=O)C1CCC(n2cc(N)c(C(=O)OC(C)(C)C)n2)CC1. The molecule has 1 heterocycles. The van der Waals surface area contributed by atoms with E-state index in [0.717, 1.165) is 25.7 Å². The van der Waals surface area contributed by atoms with Gasteiger partial charge in [-0.15, -0.1) is 0 Å². The normalized spacial score (nSPS) is 21.7. The summed E-state index contributed by atoms with van der Waals surface area (Å²) >= 11 is 0. The van der Waals surface area contributed by atoms with E-state index >= 15 is 0 Å². The van der Waals surface area contributed by atoms with Gasteiger partial charge in [-0.05, 0) is 46.5 Å². The maximum atomic E-state index is 12.1. The Morgan fingerprint density at radius 3 is 2.39 bits per heavy atom. The van der Waals surface area contributed by atoms with E-state index in [0.29, 0.717) is 5.69 Å². The average Bonchev–Trinajstić information content (AvgIpc) is 2.87. The lowest BCUT2D eigenvalue weighted by molar-refractivity contribution is -0.146. The predicted octanol–water partition coefficient (Wildman–Crippen LogP) is 2.32. The lowest BCUT2D eigenvalue weighted by atomic mass is 9.86. The number of ether oxygens (including phenoxy) is 2. The number of nitrogen functional groups attached to an aromatic ring is 1. The van der Waals surface area contributed by atoms with Crippen LogP contribution in [0.4, 0.5) is 5.69 Å². The first-order valence-corrected chi connectivity index (χ1v) is 7.87. The highest BCUT2D eigenvalue weighted by Crippen LogP contribution is 2.33. The van der Waals surface area contributed by atoms with Gasteiger partial charge in [0.2, 0.25) is 0 Å². The quantitative estimate of drug-likeness (QED) is 0.858. The maximum Gasteiger partial charge on any atom is 0.361 e. The zero-order valence-corrected chi connectivity index (χ0v) is 14.2. The Morgan fingerprint density at radius 2 is 1.87 bits per heavy atom. The van der Waals surface area contributed by atoms with Crippen LogP contribution in [0.5, 0.6) is 0 Å². The van der Waals surface area contributed by atoms with Crippen LogP contribution < -0.4 is 5.73 Å². The van der Waals surface area contributed by atoms with Crippen molar-refractivity contribution in [2.75, 3.05) is 12.8 Å².